The standard InChI is InChI=1S/C14H28N2O/c1-12-11-16(14(8-9-17)10-15-12)13-6-4-2-3-5-7-13/h12-15,17H,2-11H2,1H3. The largest absolute Gasteiger partial charge is 0.396 e. The summed E-state index contributed by atoms with van der Waals surface area (Å²) in [6.07, 6.45) is 9.30. The second-order valence-corrected chi connectivity index (χ2v) is 5.82. The van der Waals surface area contributed by atoms with Gasteiger partial charge < -0.3 is 10.4 Å². The molecular formula is C14H28N2O. The van der Waals surface area contributed by atoms with Crippen LogP contribution in [0.2, 0.25) is 0 Å². The number of rotatable bonds is 3. The van der Waals surface area contributed by atoms with Crippen molar-refractivity contribution >= 4 is 0 Å². The van der Waals surface area contributed by atoms with E-state index in [1.54, 1.807) is 0 Å². The molecule has 0 bridgehead atoms. The number of piperazine rings is 1. The molecule has 0 aromatic heterocycles. The smallest absolute Gasteiger partial charge is 0.0446 e. The van der Waals surface area contributed by atoms with Crippen LogP contribution in [0.15, 0.2) is 0 Å². The Labute approximate surface area is 106 Å². The minimum atomic E-state index is 0.323. The van der Waals surface area contributed by atoms with Crippen LogP contribution < -0.4 is 5.32 Å². The van der Waals surface area contributed by atoms with E-state index in [0.29, 0.717) is 18.7 Å². The molecule has 1 aliphatic carbocycles. The molecule has 3 heteroatoms. The van der Waals surface area contributed by atoms with Crippen LogP contribution in [0, 0.1) is 0 Å². The van der Waals surface area contributed by atoms with Gasteiger partial charge in [0.1, 0.15) is 0 Å². The number of aliphatic hydroxyl groups is 1. The fourth-order valence-corrected chi connectivity index (χ4v) is 3.44. The third-order valence-electron chi connectivity index (χ3n) is 4.41. The zero-order chi connectivity index (χ0) is 12.1. The van der Waals surface area contributed by atoms with Gasteiger partial charge in [-0.1, -0.05) is 25.7 Å². The van der Waals surface area contributed by atoms with Crippen molar-refractivity contribution in [1.29, 1.82) is 0 Å². The van der Waals surface area contributed by atoms with Crippen molar-refractivity contribution in [2.24, 2.45) is 0 Å². The van der Waals surface area contributed by atoms with Crippen molar-refractivity contribution < 1.29 is 5.11 Å². The lowest BCUT2D eigenvalue weighted by Gasteiger charge is -2.44. The van der Waals surface area contributed by atoms with Gasteiger partial charge in [0.2, 0.25) is 0 Å². The van der Waals surface area contributed by atoms with E-state index in [1.807, 2.05) is 0 Å². The fourth-order valence-electron chi connectivity index (χ4n) is 3.44. The van der Waals surface area contributed by atoms with Crippen LogP contribution in [-0.2, 0) is 0 Å². The second kappa shape index (κ2) is 6.72. The van der Waals surface area contributed by atoms with Crippen molar-refractivity contribution in [3.05, 3.63) is 0 Å². The van der Waals surface area contributed by atoms with E-state index in [-0.39, 0.29) is 0 Å². The molecule has 1 saturated heterocycles. The van der Waals surface area contributed by atoms with Gasteiger partial charge in [0.05, 0.1) is 0 Å². The Hall–Kier alpha value is -0.120. The van der Waals surface area contributed by atoms with Gasteiger partial charge >= 0.3 is 0 Å². The molecule has 2 fully saturated rings. The topological polar surface area (TPSA) is 35.5 Å². The maximum atomic E-state index is 9.20. The SMILES string of the molecule is CC1CN(C2CCCCCC2)C(CCO)CN1. The Balaban J connectivity index is 1.96. The summed E-state index contributed by atoms with van der Waals surface area (Å²) in [5.74, 6) is 0. The number of aliphatic hydroxyl groups excluding tert-OH is 1. The minimum absolute atomic E-state index is 0.323. The van der Waals surface area contributed by atoms with E-state index in [2.05, 4.69) is 17.1 Å². The molecule has 0 amide bonds. The Morgan fingerprint density at radius 1 is 1.18 bits per heavy atom. The molecule has 2 rings (SSSR count). The third-order valence-corrected chi connectivity index (χ3v) is 4.41. The molecule has 0 spiro atoms. The van der Waals surface area contributed by atoms with Crippen LogP contribution in [-0.4, -0.2) is 47.8 Å². The van der Waals surface area contributed by atoms with Crippen LogP contribution in [0.1, 0.15) is 51.9 Å². The van der Waals surface area contributed by atoms with Gasteiger partial charge in [-0.05, 0) is 26.2 Å². The Morgan fingerprint density at radius 3 is 2.53 bits per heavy atom. The molecule has 1 heterocycles. The van der Waals surface area contributed by atoms with E-state index >= 15 is 0 Å². The van der Waals surface area contributed by atoms with Crippen LogP contribution in [0.4, 0.5) is 0 Å². The number of hydrogen-bond acceptors (Lipinski definition) is 3. The Kier molecular flexibility index (Phi) is 5.26. The van der Waals surface area contributed by atoms with Gasteiger partial charge in [-0.2, -0.15) is 0 Å². The van der Waals surface area contributed by atoms with E-state index in [1.165, 1.54) is 38.5 Å². The quantitative estimate of drug-likeness (QED) is 0.738. The van der Waals surface area contributed by atoms with E-state index < -0.39 is 0 Å². The van der Waals surface area contributed by atoms with Crippen LogP contribution >= 0.6 is 0 Å². The Morgan fingerprint density at radius 2 is 1.88 bits per heavy atom. The molecule has 2 atom stereocenters. The number of nitrogens with zero attached hydrogens (tertiary/aromatic N) is 1. The summed E-state index contributed by atoms with van der Waals surface area (Å²) in [7, 11) is 0. The monoisotopic (exact) mass is 240 g/mol. The van der Waals surface area contributed by atoms with Gasteiger partial charge in [0, 0.05) is 37.8 Å². The van der Waals surface area contributed by atoms with E-state index in [9.17, 15) is 5.11 Å². The molecule has 2 aliphatic rings. The minimum Gasteiger partial charge on any atom is -0.396 e. The predicted octanol–water partition coefficient (Wildman–Crippen LogP) is 1.75. The van der Waals surface area contributed by atoms with Crippen molar-refractivity contribution in [3.63, 3.8) is 0 Å². The zero-order valence-corrected chi connectivity index (χ0v) is 11.2. The maximum Gasteiger partial charge on any atom is 0.0446 e. The zero-order valence-electron chi connectivity index (χ0n) is 11.2. The van der Waals surface area contributed by atoms with Crippen molar-refractivity contribution in [2.75, 3.05) is 19.7 Å². The molecule has 17 heavy (non-hydrogen) atoms. The average Bonchev–Trinajstić information content (AvgIpc) is 2.60. The predicted molar refractivity (Wildman–Crippen MR) is 71.2 cm³/mol. The first-order valence-electron chi connectivity index (χ1n) is 7.41. The second-order valence-electron chi connectivity index (χ2n) is 5.82. The van der Waals surface area contributed by atoms with Crippen LogP contribution in [0.5, 0.6) is 0 Å². The summed E-state index contributed by atoms with van der Waals surface area (Å²) >= 11 is 0. The normalized spacial score (nSPS) is 33.5. The van der Waals surface area contributed by atoms with Crippen molar-refractivity contribution in [2.45, 2.75) is 70.0 Å². The lowest BCUT2D eigenvalue weighted by atomic mass is 9.99. The summed E-state index contributed by atoms with van der Waals surface area (Å²) in [5.41, 5.74) is 0. The third kappa shape index (κ3) is 3.67. The molecular weight excluding hydrogens is 212 g/mol. The molecule has 0 aromatic carbocycles. The molecule has 1 aliphatic heterocycles. The summed E-state index contributed by atoms with van der Waals surface area (Å²) in [6, 6.07) is 1.94. The van der Waals surface area contributed by atoms with Gasteiger partial charge in [-0.15, -0.1) is 0 Å². The van der Waals surface area contributed by atoms with Crippen molar-refractivity contribution in [1.82, 2.24) is 10.2 Å². The molecule has 0 radical (unpaired) electrons. The van der Waals surface area contributed by atoms with Gasteiger partial charge in [0.25, 0.3) is 0 Å². The first kappa shape index (κ1) is 13.3. The lowest BCUT2D eigenvalue weighted by Crippen LogP contribution is -2.58. The van der Waals surface area contributed by atoms with E-state index in [0.717, 1.165) is 25.6 Å². The molecule has 2 unspecified atom stereocenters. The highest BCUT2D eigenvalue weighted by molar-refractivity contribution is 4.89. The first-order valence-corrected chi connectivity index (χ1v) is 7.41. The molecule has 0 aromatic rings. The van der Waals surface area contributed by atoms with E-state index in [4.69, 9.17) is 0 Å². The summed E-state index contributed by atoms with van der Waals surface area (Å²) in [4.78, 5) is 2.70. The lowest BCUT2D eigenvalue weighted by molar-refractivity contribution is 0.0613. The fraction of sp³-hybridized carbons (Fsp3) is 1.00. The molecule has 1 saturated carbocycles. The van der Waals surface area contributed by atoms with Crippen LogP contribution in [0.3, 0.4) is 0 Å². The number of hydrogen-bond donors (Lipinski definition) is 2. The molecule has 100 valence electrons. The van der Waals surface area contributed by atoms with Gasteiger partial charge in [-0.3, -0.25) is 4.90 Å². The summed E-state index contributed by atoms with van der Waals surface area (Å²) < 4.78 is 0. The summed E-state index contributed by atoms with van der Waals surface area (Å²) in [5, 5.41) is 12.8. The highest BCUT2D eigenvalue weighted by atomic mass is 16.3. The highest BCUT2D eigenvalue weighted by Crippen LogP contribution is 2.25. The summed E-state index contributed by atoms with van der Waals surface area (Å²) in [6.45, 7) is 4.82. The Bertz CT molecular complexity index is 214. The highest BCUT2D eigenvalue weighted by Gasteiger charge is 2.30. The first-order chi connectivity index (χ1) is 8.31. The van der Waals surface area contributed by atoms with Gasteiger partial charge in [-0.25, -0.2) is 0 Å². The van der Waals surface area contributed by atoms with Crippen LogP contribution in [0.25, 0.3) is 0 Å². The van der Waals surface area contributed by atoms with Crippen molar-refractivity contribution in [3.8, 4) is 0 Å². The molecule has 3 nitrogen and oxygen atoms in total. The number of nitrogens with one attached hydrogen (secondary N) is 1. The average molecular weight is 240 g/mol. The molecule has 2 N–H and O–H groups in total. The maximum absolute atomic E-state index is 9.20. The van der Waals surface area contributed by atoms with Gasteiger partial charge in [0.15, 0.2) is 0 Å².